The Morgan fingerprint density at radius 2 is 1.85 bits per heavy atom. The van der Waals surface area contributed by atoms with Crippen LogP contribution in [0.5, 0.6) is 0 Å². The Labute approximate surface area is 115 Å². The molecule has 1 saturated heterocycles. The molecule has 1 fully saturated rings. The van der Waals surface area contributed by atoms with Crippen LogP contribution >= 0.6 is 0 Å². The zero-order valence-corrected chi connectivity index (χ0v) is 10.8. The number of amides is 2. The molecule has 1 aromatic carbocycles. The van der Waals surface area contributed by atoms with Crippen LogP contribution in [0.3, 0.4) is 0 Å². The van der Waals surface area contributed by atoms with Crippen LogP contribution in [0.25, 0.3) is 0 Å². The number of carbonyl (C=O) groups excluding carboxylic acids is 2. The highest BCUT2D eigenvalue weighted by molar-refractivity contribution is 6.37. The minimum Gasteiger partial charge on any atom is -0.474 e. The van der Waals surface area contributed by atoms with Crippen molar-refractivity contribution in [1.29, 1.82) is 0 Å². The van der Waals surface area contributed by atoms with Crippen molar-refractivity contribution in [3.63, 3.8) is 0 Å². The molecular weight excluding hydrogens is 262 g/mol. The molecule has 0 bridgehead atoms. The fraction of sp³-hybridized carbons (Fsp3) is 0.308. The normalized spacial score (nSPS) is 14.1. The van der Waals surface area contributed by atoms with E-state index in [1.807, 2.05) is 4.90 Å². The number of aliphatic carboxylic acids is 1. The monoisotopic (exact) mass is 277 g/mol. The summed E-state index contributed by atoms with van der Waals surface area (Å²) in [4.78, 5) is 35.5. The number of rotatable bonds is 3. The molecule has 7 nitrogen and oxygen atoms in total. The molecule has 0 spiro atoms. The highest BCUT2D eigenvalue weighted by atomic mass is 16.4. The summed E-state index contributed by atoms with van der Waals surface area (Å²) in [6.07, 6.45) is 2.04. The zero-order chi connectivity index (χ0) is 14.7. The van der Waals surface area contributed by atoms with Crippen molar-refractivity contribution >= 4 is 29.2 Å². The first-order chi connectivity index (χ1) is 9.50. The molecule has 0 saturated carbocycles. The van der Waals surface area contributed by atoms with E-state index in [4.69, 9.17) is 10.8 Å². The molecule has 7 heteroatoms. The summed E-state index contributed by atoms with van der Waals surface area (Å²) < 4.78 is 0. The first-order valence-electron chi connectivity index (χ1n) is 6.22. The van der Waals surface area contributed by atoms with Crippen molar-refractivity contribution < 1.29 is 19.5 Å². The van der Waals surface area contributed by atoms with E-state index in [1.165, 1.54) is 6.07 Å². The smallest absolute Gasteiger partial charge is 0.394 e. The van der Waals surface area contributed by atoms with E-state index in [0.29, 0.717) is 5.69 Å². The third kappa shape index (κ3) is 2.71. The predicted octanol–water partition coefficient (Wildman–Crippen LogP) is 0.409. The molecule has 20 heavy (non-hydrogen) atoms. The van der Waals surface area contributed by atoms with Gasteiger partial charge in [-0.15, -0.1) is 0 Å². The van der Waals surface area contributed by atoms with Crippen LogP contribution in [0.1, 0.15) is 23.2 Å². The van der Waals surface area contributed by atoms with Gasteiger partial charge >= 0.3 is 11.9 Å². The molecule has 1 heterocycles. The highest BCUT2D eigenvalue weighted by Gasteiger charge is 2.23. The van der Waals surface area contributed by atoms with Gasteiger partial charge in [0.1, 0.15) is 0 Å². The lowest BCUT2D eigenvalue weighted by molar-refractivity contribution is -0.147. The number of primary amides is 1. The molecule has 0 unspecified atom stereocenters. The second-order valence-corrected chi connectivity index (χ2v) is 4.52. The van der Waals surface area contributed by atoms with E-state index in [1.54, 1.807) is 12.1 Å². The van der Waals surface area contributed by atoms with Gasteiger partial charge in [-0.2, -0.15) is 0 Å². The average Bonchev–Trinajstić information content (AvgIpc) is 2.91. The number of anilines is 2. The van der Waals surface area contributed by atoms with Crippen LogP contribution in [-0.2, 0) is 9.59 Å². The van der Waals surface area contributed by atoms with Gasteiger partial charge < -0.3 is 21.1 Å². The lowest BCUT2D eigenvalue weighted by Gasteiger charge is -2.22. The minimum absolute atomic E-state index is 0.120. The van der Waals surface area contributed by atoms with E-state index in [-0.39, 0.29) is 11.3 Å². The highest BCUT2D eigenvalue weighted by Crippen LogP contribution is 2.29. The molecule has 1 aliphatic heterocycles. The standard InChI is InChI=1S/C13H15N3O4/c14-11(17)10-8(15-12(18)13(19)20)4-3-5-9(10)16-6-1-2-7-16/h3-5H,1-2,6-7H2,(H2,14,17)(H,15,18)(H,19,20). The van der Waals surface area contributed by atoms with Crippen molar-refractivity contribution in [2.45, 2.75) is 12.8 Å². The largest absolute Gasteiger partial charge is 0.474 e. The van der Waals surface area contributed by atoms with Gasteiger partial charge in [-0.3, -0.25) is 9.59 Å². The summed E-state index contributed by atoms with van der Waals surface area (Å²) in [7, 11) is 0. The maximum absolute atomic E-state index is 11.6. The fourth-order valence-electron chi connectivity index (χ4n) is 2.30. The Hall–Kier alpha value is -2.57. The second kappa shape index (κ2) is 5.60. The molecule has 2 amide bonds. The van der Waals surface area contributed by atoms with Gasteiger partial charge in [-0.05, 0) is 25.0 Å². The van der Waals surface area contributed by atoms with Crippen molar-refractivity contribution in [1.82, 2.24) is 0 Å². The quantitative estimate of drug-likeness (QED) is 0.692. The van der Waals surface area contributed by atoms with Crippen LogP contribution in [0.4, 0.5) is 11.4 Å². The van der Waals surface area contributed by atoms with Crippen molar-refractivity contribution in [2.75, 3.05) is 23.3 Å². The maximum Gasteiger partial charge on any atom is 0.394 e. The Balaban J connectivity index is 2.41. The van der Waals surface area contributed by atoms with E-state index in [9.17, 15) is 14.4 Å². The van der Waals surface area contributed by atoms with E-state index in [2.05, 4.69) is 5.32 Å². The summed E-state index contributed by atoms with van der Waals surface area (Å²) in [5.41, 5.74) is 6.26. The molecule has 1 aliphatic rings. The van der Waals surface area contributed by atoms with Gasteiger partial charge in [-0.1, -0.05) is 6.07 Å². The van der Waals surface area contributed by atoms with Crippen molar-refractivity contribution in [2.24, 2.45) is 5.73 Å². The predicted molar refractivity (Wildman–Crippen MR) is 72.7 cm³/mol. The van der Waals surface area contributed by atoms with Gasteiger partial charge in [0.25, 0.3) is 5.91 Å². The third-order valence-corrected chi connectivity index (χ3v) is 3.18. The number of carboxylic acid groups (broad SMARTS) is 1. The van der Waals surface area contributed by atoms with Crippen LogP contribution in [0, 0.1) is 0 Å². The lowest BCUT2D eigenvalue weighted by Crippen LogP contribution is -2.27. The van der Waals surface area contributed by atoms with Gasteiger partial charge in [0.05, 0.1) is 16.9 Å². The molecule has 0 atom stereocenters. The van der Waals surface area contributed by atoms with Crippen LogP contribution in [-0.4, -0.2) is 36.0 Å². The Kier molecular flexibility index (Phi) is 3.88. The molecule has 0 radical (unpaired) electrons. The zero-order valence-electron chi connectivity index (χ0n) is 10.8. The summed E-state index contributed by atoms with van der Waals surface area (Å²) >= 11 is 0. The number of hydrogen-bond acceptors (Lipinski definition) is 4. The van der Waals surface area contributed by atoms with Gasteiger partial charge in [-0.25, -0.2) is 4.79 Å². The van der Waals surface area contributed by atoms with E-state index in [0.717, 1.165) is 25.9 Å². The molecule has 4 N–H and O–H groups in total. The Bertz CT molecular complexity index is 565. The number of nitrogens with one attached hydrogen (secondary N) is 1. The molecule has 2 rings (SSSR count). The van der Waals surface area contributed by atoms with Crippen molar-refractivity contribution in [3.05, 3.63) is 23.8 Å². The summed E-state index contributed by atoms with van der Waals surface area (Å²) in [5.74, 6) is -3.52. The number of benzene rings is 1. The van der Waals surface area contributed by atoms with Gasteiger partial charge in [0.2, 0.25) is 0 Å². The van der Waals surface area contributed by atoms with Gasteiger partial charge in [0.15, 0.2) is 0 Å². The average molecular weight is 277 g/mol. The second-order valence-electron chi connectivity index (χ2n) is 4.52. The van der Waals surface area contributed by atoms with Crippen LogP contribution < -0.4 is 16.0 Å². The van der Waals surface area contributed by atoms with E-state index < -0.39 is 17.8 Å². The first-order valence-corrected chi connectivity index (χ1v) is 6.22. The van der Waals surface area contributed by atoms with E-state index >= 15 is 0 Å². The third-order valence-electron chi connectivity index (χ3n) is 3.18. The summed E-state index contributed by atoms with van der Waals surface area (Å²) in [5, 5.41) is 10.8. The van der Waals surface area contributed by atoms with Gasteiger partial charge in [0, 0.05) is 13.1 Å². The topological polar surface area (TPSA) is 113 Å². The number of carbonyl (C=O) groups is 3. The number of nitrogens with zero attached hydrogens (tertiary/aromatic N) is 1. The molecule has 106 valence electrons. The number of carboxylic acids is 1. The first kappa shape index (κ1) is 13.9. The molecule has 0 aromatic heterocycles. The van der Waals surface area contributed by atoms with Crippen LogP contribution in [0.2, 0.25) is 0 Å². The molecule has 1 aromatic rings. The summed E-state index contributed by atoms with van der Waals surface area (Å²) in [6, 6.07) is 4.85. The SMILES string of the molecule is NC(=O)c1c(NC(=O)C(=O)O)cccc1N1CCCC1. The van der Waals surface area contributed by atoms with Crippen molar-refractivity contribution in [3.8, 4) is 0 Å². The number of hydrogen-bond donors (Lipinski definition) is 3. The summed E-state index contributed by atoms with van der Waals surface area (Å²) in [6.45, 7) is 1.60. The minimum atomic E-state index is -1.62. The molecule has 0 aliphatic carbocycles. The van der Waals surface area contributed by atoms with Crippen LogP contribution in [0.15, 0.2) is 18.2 Å². The Morgan fingerprint density at radius 3 is 2.40 bits per heavy atom. The lowest BCUT2D eigenvalue weighted by atomic mass is 10.1. The fourth-order valence-corrected chi connectivity index (χ4v) is 2.30. The maximum atomic E-state index is 11.6. The molecular formula is C13H15N3O4. The number of nitrogens with two attached hydrogens (primary N) is 1. The Morgan fingerprint density at radius 1 is 1.20 bits per heavy atom.